The molecule has 198 valence electrons. The molecule has 0 saturated carbocycles. The van der Waals surface area contributed by atoms with Crippen molar-refractivity contribution in [2.24, 2.45) is 4.99 Å². The number of nitrogens with one attached hydrogen (secondary N) is 1. The smallest absolute Gasteiger partial charge is 0.264 e. The number of hydrogen-bond donors (Lipinski definition) is 1. The Balaban J connectivity index is 1.33. The van der Waals surface area contributed by atoms with Crippen molar-refractivity contribution in [3.63, 3.8) is 0 Å². The maximum atomic E-state index is 12.7. The maximum Gasteiger partial charge on any atom is 0.264 e. The van der Waals surface area contributed by atoms with Gasteiger partial charge in [-0.1, -0.05) is 46.9 Å². The van der Waals surface area contributed by atoms with Gasteiger partial charge in [0.15, 0.2) is 5.17 Å². The highest BCUT2D eigenvalue weighted by atomic mass is 35.5. The molecule has 0 unspecified atom stereocenters. The molecule has 9 heteroatoms. The highest BCUT2D eigenvalue weighted by Gasteiger charge is 2.25. The SMILES string of the molecule is Cc1c(Cl)cccc1N=C1NC(=O)/C(=C\c2cc(C)n(-c3ccc(OCc4ccc(Cl)cc4Cl)cc3)c2C)S1. The standard InChI is InChI=1S/C30H24Cl3N3O2S/c1-17-13-21(14-28-29(37)35-30(39-28)34-27-6-4-5-25(32)18(27)2)19(3)36(17)23-9-11-24(12-10-23)38-16-20-7-8-22(31)15-26(20)33/h4-15H,16H2,1-3H3,(H,34,35,37)/b28-14+. The molecular weight excluding hydrogens is 573 g/mol. The fourth-order valence-electron chi connectivity index (χ4n) is 4.27. The lowest BCUT2D eigenvalue weighted by molar-refractivity contribution is -0.115. The summed E-state index contributed by atoms with van der Waals surface area (Å²) in [5.74, 6) is 0.556. The van der Waals surface area contributed by atoms with Crippen molar-refractivity contribution in [1.29, 1.82) is 0 Å². The lowest BCUT2D eigenvalue weighted by atomic mass is 10.2. The molecule has 39 heavy (non-hydrogen) atoms. The summed E-state index contributed by atoms with van der Waals surface area (Å²) in [5.41, 5.74) is 6.49. The molecular formula is C30H24Cl3N3O2S. The monoisotopic (exact) mass is 595 g/mol. The first-order chi connectivity index (χ1) is 18.7. The Morgan fingerprint density at radius 3 is 2.49 bits per heavy atom. The van der Waals surface area contributed by atoms with Crippen molar-refractivity contribution in [3.05, 3.63) is 115 Å². The van der Waals surface area contributed by atoms with Crippen molar-refractivity contribution in [1.82, 2.24) is 9.88 Å². The van der Waals surface area contributed by atoms with Crippen LogP contribution in [0.25, 0.3) is 11.8 Å². The van der Waals surface area contributed by atoms with Crippen molar-refractivity contribution < 1.29 is 9.53 Å². The van der Waals surface area contributed by atoms with Gasteiger partial charge in [0.1, 0.15) is 12.4 Å². The van der Waals surface area contributed by atoms with E-state index in [-0.39, 0.29) is 5.91 Å². The summed E-state index contributed by atoms with van der Waals surface area (Å²) in [6, 6.07) is 20.8. The van der Waals surface area contributed by atoms with E-state index in [1.165, 1.54) is 11.8 Å². The number of carbonyl (C=O) groups excluding carboxylic acids is 1. The molecule has 0 atom stereocenters. The molecule has 1 N–H and O–H groups in total. The van der Waals surface area contributed by atoms with Gasteiger partial charge in [-0.3, -0.25) is 4.79 Å². The summed E-state index contributed by atoms with van der Waals surface area (Å²) in [6.45, 7) is 6.33. The van der Waals surface area contributed by atoms with Gasteiger partial charge in [-0.05, 0) is 104 Å². The second-order valence-electron chi connectivity index (χ2n) is 9.05. The van der Waals surface area contributed by atoms with E-state index in [1.807, 2.05) is 75.4 Å². The lowest BCUT2D eigenvalue weighted by Gasteiger charge is -2.12. The molecule has 0 aliphatic carbocycles. The third kappa shape index (κ3) is 6.04. The van der Waals surface area contributed by atoms with Gasteiger partial charge in [-0.2, -0.15) is 0 Å². The molecule has 5 rings (SSSR count). The highest BCUT2D eigenvalue weighted by molar-refractivity contribution is 8.18. The molecule has 1 aliphatic rings. The van der Waals surface area contributed by atoms with Gasteiger partial charge in [0.2, 0.25) is 0 Å². The Bertz CT molecular complexity index is 1640. The number of amides is 1. The Morgan fingerprint density at radius 1 is 0.974 bits per heavy atom. The number of halogens is 3. The van der Waals surface area contributed by atoms with Crippen LogP contribution in [0.15, 0.2) is 76.6 Å². The van der Waals surface area contributed by atoms with E-state index in [4.69, 9.17) is 39.5 Å². The summed E-state index contributed by atoms with van der Waals surface area (Å²) in [5, 5.41) is 5.19. The van der Waals surface area contributed by atoms with E-state index < -0.39 is 0 Å². The van der Waals surface area contributed by atoms with Crippen LogP contribution in [0.2, 0.25) is 15.1 Å². The van der Waals surface area contributed by atoms with Gasteiger partial charge >= 0.3 is 0 Å². The quantitative estimate of drug-likeness (QED) is 0.226. The van der Waals surface area contributed by atoms with Gasteiger partial charge < -0.3 is 14.6 Å². The van der Waals surface area contributed by atoms with Crippen LogP contribution in [0.3, 0.4) is 0 Å². The van der Waals surface area contributed by atoms with Crippen LogP contribution in [0.1, 0.15) is 28.1 Å². The Labute approximate surface area is 246 Å². The van der Waals surface area contributed by atoms with Gasteiger partial charge in [-0.25, -0.2) is 4.99 Å². The predicted octanol–water partition coefficient (Wildman–Crippen LogP) is 8.83. The number of thioether (sulfide) groups is 1. The molecule has 1 fully saturated rings. The number of aryl methyl sites for hydroxylation is 1. The maximum absolute atomic E-state index is 12.7. The van der Waals surface area contributed by atoms with Crippen LogP contribution in [-0.2, 0) is 11.4 Å². The third-order valence-corrected chi connectivity index (χ3v) is 8.28. The second kappa shape index (κ2) is 11.5. The number of aliphatic imine (C=N–C) groups is 1. The van der Waals surface area contributed by atoms with E-state index >= 15 is 0 Å². The normalized spacial score (nSPS) is 15.3. The first-order valence-electron chi connectivity index (χ1n) is 12.1. The average molecular weight is 597 g/mol. The zero-order valence-electron chi connectivity index (χ0n) is 21.4. The van der Waals surface area contributed by atoms with Crippen molar-refractivity contribution in [2.45, 2.75) is 27.4 Å². The predicted molar refractivity (Wildman–Crippen MR) is 163 cm³/mol. The highest BCUT2D eigenvalue weighted by Crippen LogP contribution is 2.33. The number of ether oxygens (including phenoxy) is 1. The fourth-order valence-corrected chi connectivity index (χ4v) is 5.73. The fraction of sp³-hybridized carbons (Fsp3) is 0.133. The van der Waals surface area contributed by atoms with E-state index in [2.05, 4.69) is 20.9 Å². The van der Waals surface area contributed by atoms with Crippen LogP contribution in [-0.4, -0.2) is 15.6 Å². The number of hydrogen-bond acceptors (Lipinski definition) is 4. The topological polar surface area (TPSA) is 55.6 Å². The van der Waals surface area contributed by atoms with Gasteiger partial charge in [0.25, 0.3) is 5.91 Å². The summed E-state index contributed by atoms with van der Waals surface area (Å²) in [4.78, 5) is 17.9. The zero-order valence-corrected chi connectivity index (χ0v) is 24.5. The third-order valence-electron chi connectivity index (χ3n) is 6.37. The molecule has 1 aliphatic heterocycles. The van der Waals surface area contributed by atoms with Gasteiger partial charge in [-0.15, -0.1) is 0 Å². The summed E-state index contributed by atoms with van der Waals surface area (Å²) in [6.07, 6.45) is 1.90. The Hall–Kier alpha value is -3.16. The summed E-state index contributed by atoms with van der Waals surface area (Å²) < 4.78 is 8.07. The molecule has 1 saturated heterocycles. The molecule has 4 aromatic rings. The van der Waals surface area contributed by atoms with E-state index in [1.54, 1.807) is 12.1 Å². The number of nitrogens with zero attached hydrogens (tertiary/aromatic N) is 2. The van der Waals surface area contributed by atoms with Crippen LogP contribution >= 0.6 is 46.6 Å². The number of aromatic nitrogens is 1. The van der Waals surface area contributed by atoms with Crippen LogP contribution < -0.4 is 10.1 Å². The number of benzene rings is 3. The number of amidine groups is 1. The minimum absolute atomic E-state index is 0.175. The van der Waals surface area contributed by atoms with Crippen molar-refractivity contribution >= 4 is 69.4 Å². The lowest BCUT2D eigenvalue weighted by Crippen LogP contribution is -2.19. The molecule has 5 nitrogen and oxygen atoms in total. The number of carbonyl (C=O) groups is 1. The van der Waals surface area contributed by atoms with Gasteiger partial charge in [0.05, 0.1) is 10.6 Å². The zero-order chi connectivity index (χ0) is 27.7. The first kappa shape index (κ1) is 27.4. The average Bonchev–Trinajstić information content (AvgIpc) is 3.39. The Morgan fingerprint density at radius 2 is 1.74 bits per heavy atom. The van der Waals surface area contributed by atoms with Crippen LogP contribution in [0.4, 0.5) is 5.69 Å². The molecule has 0 bridgehead atoms. The van der Waals surface area contributed by atoms with Crippen molar-refractivity contribution in [3.8, 4) is 11.4 Å². The molecule has 2 heterocycles. The summed E-state index contributed by atoms with van der Waals surface area (Å²) >= 11 is 19.8. The minimum atomic E-state index is -0.175. The molecule has 0 radical (unpaired) electrons. The first-order valence-corrected chi connectivity index (χ1v) is 14.1. The Kier molecular flexibility index (Phi) is 8.10. The van der Waals surface area contributed by atoms with E-state index in [0.717, 1.165) is 45.2 Å². The molecule has 3 aromatic carbocycles. The molecule has 1 aromatic heterocycles. The largest absolute Gasteiger partial charge is 0.489 e. The van der Waals surface area contributed by atoms with E-state index in [0.29, 0.717) is 31.7 Å². The molecule has 0 spiro atoms. The molecule has 1 amide bonds. The van der Waals surface area contributed by atoms with E-state index in [9.17, 15) is 4.79 Å². The van der Waals surface area contributed by atoms with Crippen LogP contribution in [0, 0.1) is 20.8 Å². The second-order valence-corrected chi connectivity index (χ2v) is 11.3. The van der Waals surface area contributed by atoms with Crippen LogP contribution in [0.5, 0.6) is 5.75 Å². The summed E-state index contributed by atoms with van der Waals surface area (Å²) in [7, 11) is 0. The van der Waals surface area contributed by atoms with Gasteiger partial charge in [0, 0.05) is 37.7 Å². The van der Waals surface area contributed by atoms with Crippen molar-refractivity contribution in [2.75, 3.05) is 0 Å². The minimum Gasteiger partial charge on any atom is -0.489 e. The number of rotatable bonds is 6.